The van der Waals surface area contributed by atoms with Gasteiger partial charge in [-0.05, 0) is 43.5 Å². The third-order valence-electron chi connectivity index (χ3n) is 4.70. The van der Waals surface area contributed by atoms with Crippen LogP contribution in [0, 0.1) is 5.92 Å². The van der Waals surface area contributed by atoms with Gasteiger partial charge < -0.3 is 15.5 Å². The Balaban J connectivity index is 1.59. The fourth-order valence-corrected chi connectivity index (χ4v) is 3.54. The van der Waals surface area contributed by atoms with Gasteiger partial charge in [0.2, 0.25) is 5.91 Å². The van der Waals surface area contributed by atoms with E-state index in [0.717, 1.165) is 26.2 Å². The molecule has 1 aromatic rings. The number of hydrogen-bond donors (Lipinski definition) is 2. The highest BCUT2D eigenvalue weighted by molar-refractivity contribution is 5.84. The zero-order valence-electron chi connectivity index (χ0n) is 12.8. The van der Waals surface area contributed by atoms with E-state index in [1.165, 1.54) is 30.5 Å². The number of fused-ring (bicyclic) bond motifs is 1. The van der Waals surface area contributed by atoms with Crippen LogP contribution in [0.4, 0.5) is 0 Å². The van der Waals surface area contributed by atoms with Gasteiger partial charge in [-0.3, -0.25) is 4.79 Å². The lowest BCUT2D eigenvalue weighted by Crippen LogP contribution is -2.43. The summed E-state index contributed by atoms with van der Waals surface area (Å²) in [6.45, 7) is 4.70. The molecule has 0 aromatic heterocycles. The van der Waals surface area contributed by atoms with Crippen LogP contribution in [0.15, 0.2) is 24.3 Å². The molecule has 114 valence electrons. The topological polar surface area (TPSA) is 44.4 Å². The smallest absolute Gasteiger partial charge is 0.228 e. The maximum atomic E-state index is 12.5. The summed E-state index contributed by atoms with van der Waals surface area (Å²) >= 11 is 0. The molecule has 21 heavy (non-hydrogen) atoms. The second-order valence-electron chi connectivity index (χ2n) is 6.40. The summed E-state index contributed by atoms with van der Waals surface area (Å²) in [7, 11) is 2.16. The molecule has 4 nitrogen and oxygen atoms in total. The molecule has 2 aliphatic heterocycles. The lowest BCUT2D eigenvalue weighted by Gasteiger charge is -2.31. The van der Waals surface area contributed by atoms with E-state index >= 15 is 0 Å². The summed E-state index contributed by atoms with van der Waals surface area (Å²) in [6.07, 6.45) is 2.47. The van der Waals surface area contributed by atoms with E-state index in [4.69, 9.17) is 0 Å². The average molecular weight is 287 g/mol. The predicted octanol–water partition coefficient (Wildman–Crippen LogP) is 1.33. The molecule has 0 bridgehead atoms. The van der Waals surface area contributed by atoms with E-state index in [0.29, 0.717) is 5.92 Å². The highest BCUT2D eigenvalue weighted by Gasteiger charge is 2.26. The van der Waals surface area contributed by atoms with Crippen LogP contribution < -0.4 is 10.6 Å². The molecule has 2 unspecified atom stereocenters. The summed E-state index contributed by atoms with van der Waals surface area (Å²) in [4.78, 5) is 14.9. The first kappa shape index (κ1) is 14.5. The number of hydrogen-bond acceptors (Lipinski definition) is 3. The largest absolute Gasteiger partial charge is 0.355 e. The molecule has 0 saturated carbocycles. The summed E-state index contributed by atoms with van der Waals surface area (Å²) in [5, 5.41) is 6.53. The summed E-state index contributed by atoms with van der Waals surface area (Å²) in [5.74, 6) is 0.721. The summed E-state index contributed by atoms with van der Waals surface area (Å²) < 4.78 is 0. The Labute approximate surface area is 126 Å². The van der Waals surface area contributed by atoms with Crippen LogP contribution in [-0.4, -0.2) is 44.0 Å². The molecule has 1 aromatic carbocycles. The monoisotopic (exact) mass is 287 g/mol. The number of likely N-dealkylation sites (tertiary alicyclic amines) is 1. The van der Waals surface area contributed by atoms with Crippen molar-refractivity contribution in [3.63, 3.8) is 0 Å². The van der Waals surface area contributed by atoms with Crippen LogP contribution >= 0.6 is 0 Å². The van der Waals surface area contributed by atoms with Gasteiger partial charge in [0.15, 0.2) is 0 Å². The molecule has 2 atom stereocenters. The van der Waals surface area contributed by atoms with Crippen molar-refractivity contribution in [3.8, 4) is 0 Å². The van der Waals surface area contributed by atoms with Crippen LogP contribution in [0.1, 0.15) is 29.9 Å². The number of rotatable bonds is 3. The minimum atomic E-state index is -0.0451. The van der Waals surface area contributed by atoms with Crippen molar-refractivity contribution in [2.45, 2.75) is 25.3 Å². The van der Waals surface area contributed by atoms with Crippen molar-refractivity contribution < 1.29 is 4.79 Å². The van der Waals surface area contributed by atoms with Crippen LogP contribution in [0.2, 0.25) is 0 Å². The zero-order chi connectivity index (χ0) is 14.7. The molecular weight excluding hydrogens is 262 g/mol. The molecule has 2 aliphatic rings. The molecule has 3 rings (SSSR count). The van der Waals surface area contributed by atoms with Gasteiger partial charge in [-0.2, -0.15) is 0 Å². The molecule has 2 N–H and O–H groups in total. The van der Waals surface area contributed by atoms with Crippen molar-refractivity contribution in [1.82, 2.24) is 15.5 Å². The first-order chi connectivity index (χ1) is 10.2. The molecule has 1 amide bonds. The van der Waals surface area contributed by atoms with Gasteiger partial charge in [0.05, 0.1) is 5.92 Å². The molecule has 0 aliphatic carbocycles. The number of benzene rings is 1. The van der Waals surface area contributed by atoms with E-state index in [2.05, 4.69) is 34.7 Å². The minimum Gasteiger partial charge on any atom is -0.355 e. The van der Waals surface area contributed by atoms with E-state index in [9.17, 15) is 4.79 Å². The Hall–Kier alpha value is -1.39. The van der Waals surface area contributed by atoms with Gasteiger partial charge in [-0.1, -0.05) is 24.3 Å². The second-order valence-corrected chi connectivity index (χ2v) is 6.40. The molecule has 0 radical (unpaired) electrons. The fourth-order valence-electron chi connectivity index (χ4n) is 3.54. The molecule has 1 fully saturated rings. The van der Waals surface area contributed by atoms with E-state index < -0.39 is 0 Å². The van der Waals surface area contributed by atoms with E-state index in [1.54, 1.807) is 0 Å². The normalized spacial score (nSPS) is 26.1. The van der Waals surface area contributed by atoms with Gasteiger partial charge in [-0.25, -0.2) is 0 Å². The van der Waals surface area contributed by atoms with Crippen molar-refractivity contribution in [2.75, 3.05) is 33.2 Å². The number of carbonyl (C=O) groups excluding carboxylic acids is 1. The van der Waals surface area contributed by atoms with Crippen LogP contribution in [0.25, 0.3) is 0 Å². The first-order valence-corrected chi connectivity index (χ1v) is 7.99. The number of amides is 1. The van der Waals surface area contributed by atoms with E-state index in [-0.39, 0.29) is 11.8 Å². The van der Waals surface area contributed by atoms with Crippen molar-refractivity contribution in [2.24, 2.45) is 5.92 Å². The number of nitrogens with one attached hydrogen (secondary N) is 2. The lowest BCUT2D eigenvalue weighted by atomic mass is 9.90. The Kier molecular flexibility index (Phi) is 4.56. The lowest BCUT2D eigenvalue weighted by molar-refractivity contribution is -0.122. The van der Waals surface area contributed by atoms with Gasteiger partial charge in [0.1, 0.15) is 0 Å². The van der Waals surface area contributed by atoms with Crippen molar-refractivity contribution in [1.29, 1.82) is 0 Å². The van der Waals surface area contributed by atoms with Gasteiger partial charge in [0, 0.05) is 26.2 Å². The third-order valence-corrected chi connectivity index (χ3v) is 4.70. The zero-order valence-corrected chi connectivity index (χ0v) is 12.8. The highest BCUT2D eigenvalue weighted by Crippen LogP contribution is 2.24. The van der Waals surface area contributed by atoms with Crippen molar-refractivity contribution in [3.05, 3.63) is 35.4 Å². The van der Waals surface area contributed by atoms with Gasteiger partial charge in [0.25, 0.3) is 0 Å². The minimum absolute atomic E-state index is 0.0451. The van der Waals surface area contributed by atoms with Gasteiger partial charge >= 0.3 is 0 Å². The third kappa shape index (κ3) is 3.44. The molecule has 4 heteroatoms. The summed E-state index contributed by atoms with van der Waals surface area (Å²) in [5.41, 5.74) is 2.44. The Morgan fingerprint density at radius 2 is 2.29 bits per heavy atom. The van der Waals surface area contributed by atoms with Crippen LogP contribution in [0.3, 0.4) is 0 Å². The summed E-state index contributed by atoms with van der Waals surface area (Å²) in [6, 6.07) is 8.27. The average Bonchev–Trinajstić information content (AvgIpc) is 2.52. The maximum absolute atomic E-state index is 12.5. The highest BCUT2D eigenvalue weighted by atomic mass is 16.1. The number of carbonyl (C=O) groups is 1. The number of piperidine rings is 1. The molecule has 2 heterocycles. The Bertz CT molecular complexity index is 503. The maximum Gasteiger partial charge on any atom is 0.228 e. The standard InChI is InChI=1S/C17H25N3O/c1-20-8-4-5-13(12-20)9-19-17(21)16-11-18-10-14-6-2-3-7-15(14)16/h2-3,6-7,13,16,18H,4-5,8-12H2,1H3,(H,19,21). The molecular formula is C17H25N3O. The SMILES string of the molecule is CN1CCCC(CNC(=O)C2CNCc3ccccc32)C1. The second kappa shape index (κ2) is 6.58. The number of nitrogens with zero attached hydrogens (tertiary/aromatic N) is 1. The van der Waals surface area contributed by atoms with E-state index in [1.807, 2.05) is 12.1 Å². The van der Waals surface area contributed by atoms with Crippen molar-refractivity contribution >= 4 is 5.91 Å². The molecule has 1 saturated heterocycles. The Morgan fingerprint density at radius 3 is 3.14 bits per heavy atom. The Morgan fingerprint density at radius 1 is 1.43 bits per heavy atom. The van der Waals surface area contributed by atoms with Crippen LogP contribution in [-0.2, 0) is 11.3 Å². The van der Waals surface area contributed by atoms with Crippen LogP contribution in [0.5, 0.6) is 0 Å². The molecule has 0 spiro atoms. The predicted molar refractivity (Wildman–Crippen MR) is 84.1 cm³/mol. The van der Waals surface area contributed by atoms with Gasteiger partial charge in [-0.15, -0.1) is 0 Å². The quantitative estimate of drug-likeness (QED) is 0.881. The first-order valence-electron chi connectivity index (χ1n) is 7.99. The fraction of sp³-hybridized carbons (Fsp3) is 0.588.